The van der Waals surface area contributed by atoms with Crippen molar-refractivity contribution in [3.8, 4) is 0 Å². The molecule has 0 spiro atoms. The topological polar surface area (TPSA) is 64.1 Å². The molecule has 1 aliphatic rings. The highest BCUT2D eigenvalue weighted by Gasteiger charge is 2.16. The second kappa shape index (κ2) is 3.15. The fourth-order valence-electron chi connectivity index (χ4n) is 1.23. The third kappa shape index (κ3) is 1.93. The number of hydrogen-bond donors (Lipinski definition) is 3. The minimum absolute atomic E-state index is 0.105. The van der Waals surface area contributed by atoms with Gasteiger partial charge in [-0.3, -0.25) is 0 Å². The highest BCUT2D eigenvalue weighted by Crippen LogP contribution is 2.11. The van der Waals surface area contributed by atoms with Crippen LogP contribution in [-0.2, 0) is 0 Å². The van der Waals surface area contributed by atoms with Crippen LogP contribution in [0.4, 0.5) is 0 Å². The summed E-state index contributed by atoms with van der Waals surface area (Å²) in [5, 5.41) is 3.26. The smallest absolute Gasteiger partial charge is 0.0550 e. The zero-order valence-electron chi connectivity index (χ0n) is 5.64. The number of nitrogens with two attached hydrogens (primary N) is 2. The maximum absolute atomic E-state index is 5.52. The summed E-state index contributed by atoms with van der Waals surface area (Å²) >= 11 is 0. The van der Waals surface area contributed by atoms with E-state index in [0.29, 0.717) is 5.92 Å². The van der Waals surface area contributed by atoms with Crippen molar-refractivity contribution in [2.24, 2.45) is 17.4 Å². The second-order valence-electron chi connectivity index (χ2n) is 2.66. The fourth-order valence-corrected chi connectivity index (χ4v) is 1.23. The molecule has 3 nitrogen and oxygen atoms in total. The lowest BCUT2D eigenvalue weighted by Crippen LogP contribution is -2.43. The molecule has 0 aromatic rings. The minimum atomic E-state index is -0.105. The summed E-state index contributed by atoms with van der Waals surface area (Å²) in [5.74, 6) is 0.547. The Morgan fingerprint density at radius 3 is 2.11 bits per heavy atom. The van der Waals surface area contributed by atoms with Crippen LogP contribution in [0.2, 0.25) is 0 Å². The molecule has 0 aromatic carbocycles. The first-order valence-corrected chi connectivity index (χ1v) is 3.52. The summed E-state index contributed by atoms with van der Waals surface area (Å²) in [6.45, 7) is 2.16. The van der Waals surface area contributed by atoms with Crippen LogP contribution in [-0.4, -0.2) is 19.3 Å². The van der Waals surface area contributed by atoms with E-state index in [2.05, 4.69) is 5.32 Å². The predicted molar refractivity (Wildman–Crippen MR) is 37.8 cm³/mol. The van der Waals surface area contributed by atoms with Crippen molar-refractivity contribution in [3.05, 3.63) is 0 Å². The summed E-state index contributed by atoms with van der Waals surface area (Å²) in [5.41, 5.74) is 11.0. The van der Waals surface area contributed by atoms with Gasteiger partial charge in [0.2, 0.25) is 0 Å². The van der Waals surface area contributed by atoms with Gasteiger partial charge in [0, 0.05) is 0 Å². The maximum Gasteiger partial charge on any atom is 0.0550 e. The van der Waals surface area contributed by atoms with E-state index in [4.69, 9.17) is 11.5 Å². The average molecular weight is 129 g/mol. The van der Waals surface area contributed by atoms with E-state index in [1.807, 2.05) is 0 Å². The van der Waals surface area contributed by atoms with Crippen LogP contribution in [0.1, 0.15) is 12.8 Å². The molecule has 54 valence electrons. The van der Waals surface area contributed by atoms with Gasteiger partial charge in [-0.25, -0.2) is 0 Å². The van der Waals surface area contributed by atoms with Crippen LogP contribution in [0.15, 0.2) is 0 Å². The molecule has 1 aliphatic heterocycles. The molecule has 3 heteroatoms. The monoisotopic (exact) mass is 129 g/mol. The Kier molecular flexibility index (Phi) is 2.45. The molecule has 9 heavy (non-hydrogen) atoms. The van der Waals surface area contributed by atoms with Gasteiger partial charge in [-0.05, 0) is 31.8 Å². The van der Waals surface area contributed by atoms with Crippen molar-refractivity contribution in [1.29, 1.82) is 0 Å². The standard InChI is InChI=1S/C6H15N3/c7-6(8)5-1-3-9-4-2-5/h5-6,9H,1-4,7-8H2. The van der Waals surface area contributed by atoms with Crippen LogP contribution in [0.25, 0.3) is 0 Å². The third-order valence-electron chi connectivity index (χ3n) is 1.93. The predicted octanol–water partition coefficient (Wildman–Crippen LogP) is -0.771. The lowest BCUT2D eigenvalue weighted by atomic mass is 9.96. The van der Waals surface area contributed by atoms with E-state index in [1.54, 1.807) is 0 Å². The molecule has 0 bridgehead atoms. The summed E-state index contributed by atoms with van der Waals surface area (Å²) in [7, 11) is 0. The summed E-state index contributed by atoms with van der Waals surface area (Å²) in [6.07, 6.45) is 2.17. The van der Waals surface area contributed by atoms with Gasteiger partial charge in [0.25, 0.3) is 0 Å². The van der Waals surface area contributed by atoms with Crippen molar-refractivity contribution in [2.45, 2.75) is 19.0 Å². The molecule has 1 fully saturated rings. The Balaban J connectivity index is 2.23. The highest BCUT2D eigenvalue weighted by molar-refractivity contribution is 4.73. The van der Waals surface area contributed by atoms with E-state index >= 15 is 0 Å². The maximum atomic E-state index is 5.52. The summed E-state index contributed by atoms with van der Waals surface area (Å²) < 4.78 is 0. The molecule has 0 aromatic heterocycles. The molecule has 1 heterocycles. The third-order valence-corrected chi connectivity index (χ3v) is 1.93. The van der Waals surface area contributed by atoms with E-state index in [1.165, 1.54) is 0 Å². The quantitative estimate of drug-likeness (QED) is 0.407. The number of rotatable bonds is 1. The van der Waals surface area contributed by atoms with Crippen molar-refractivity contribution in [2.75, 3.05) is 13.1 Å². The van der Waals surface area contributed by atoms with Gasteiger partial charge in [0.05, 0.1) is 6.17 Å². The highest BCUT2D eigenvalue weighted by atomic mass is 14.9. The number of piperidine rings is 1. The molecule has 0 saturated carbocycles. The van der Waals surface area contributed by atoms with Crippen molar-refractivity contribution in [3.63, 3.8) is 0 Å². The Hall–Kier alpha value is -0.120. The Labute approximate surface area is 55.8 Å². The van der Waals surface area contributed by atoms with E-state index in [0.717, 1.165) is 25.9 Å². The molecular formula is C6H15N3. The molecule has 0 aliphatic carbocycles. The van der Waals surface area contributed by atoms with E-state index < -0.39 is 0 Å². The average Bonchev–Trinajstić information content (AvgIpc) is 1.90. The first-order valence-electron chi connectivity index (χ1n) is 3.52. The van der Waals surface area contributed by atoms with Gasteiger partial charge in [-0.2, -0.15) is 0 Å². The van der Waals surface area contributed by atoms with Crippen LogP contribution < -0.4 is 16.8 Å². The molecule has 0 unspecified atom stereocenters. The van der Waals surface area contributed by atoms with Crippen molar-refractivity contribution >= 4 is 0 Å². The largest absolute Gasteiger partial charge is 0.317 e. The van der Waals surface area contributed by atoms with E-state index in [9.17, 15) is 0 Å². The van der Waals surface area contributed by atoms with Gasteiger partial charge in [0.1, 0.15) is 0 Å². The Morgan fingerprint density at radius 2 is 1.78 bits per heavy atom. The lowest BCUT2D eigenvalue weighted by Gasteiger charge is -2.25. The molecule has 0 atom stereocenters. The van der Waals surface area contributed by atoms with Crippen LogP contribution in [0, 0.1) is 5.92 Å². The van der Waals surface area contributed by atoms with Crippen LogP contribution >= 0.6 is 0 Å². The van der Waals surface area contributed by atoms with Gasteiger partial charge in [0.15, 0.2) is 0 Å². The molecule has 1 saturated heterocycles. The lowest BCUT2D eigenvalue weighted by molar-refractivity contribution is 0.322. The van der Waals surface area contributed by atoms with Gasteiger partial charge in [-0.1, -0.05) is 0 Å². The van der Waals surface area contributed by atoms with Gasteiger partial charge in [-0.15, -0.1) is 0 Å². The van der Waals surface area contributed by atoms with Crippen molar-refractivity contribution < 1.29 is 0 Å². The van der Waals surface area contributed by atoms with Gasteiger partial charge >= 0.3 is 0 Å². The summed E-state index contributed by atoms with van der Waals surface area (Å²) in [6, 6.07) is 0. The fraction of sp³-hybridized carbons (Fsp3) is 1.00. The zero-order chi connectivity index (χ0) is 6.69. The Bertz CT molecular complexity index is 76.4. The first-order chi connectivity index (χ1) is 4.30. The van der Waals surface area contributed by atoms with Crippen molar-refractivity contribution in [1.82, 2.24) is 5.32 Å². The molecule has 5 N–H and O–H groups in total. The normalized spacial score (nSPS) is 23.0. The molecule has 0 radical (unpaired) electrons. The second-order valence-corrected chi connectivity index (χ2v) is 2.66. The molecule has 1 rings (SSSR count). The molecule has 0 amide bonds. The van der Waals surface area contributed by atoms with Crippen LogP contribution in [0.5, 0.6) is 0 Å². The molecular weight excluding hydrogens is 114 g/mol. The first kappa shape index (κ1) is 6.99. The zero-order valence-corrected chi connectivity index (χ0v) is 5.64. The van der Waals surface area contributed by atoms with Gasteiger partial charge < -0.3 is 16.8 Å². The van der Waals surface area contributed by atoms with Crippen LogP contribution in [0.3, 0.4) is 0 Å². The minimum Gasteiger partial charge on any atom is -0.317 e. The number of hydrogen-bond acceptors (Lipinski definition) is 3. The number of nitrogens with one attached hydrogen (secondary N) is 1. The summed E-state index contributed by atoms with van der Waals surface area (Å²) in [4.78, 5) is 0. The van der Waals surface area contributed by atoms with E-state index in [-0.39, 0.29) is 6.17 Å². The SMILES string of the molecule is NC(N)C1CCNCC1. The Morgan fingerprint density at radius 1 is 1.22 bits per heavy atom.